The van der Waals surface area contributed by atoms with Crippen LogP contribution in [0.25, 0.3) is 0 Å². The molecule has 1 unspecified atom stereocenters. The quantitative estimate of drug-likeness (QED) is 0.337. The molecule has 2 aromatic rings. The molecular formula is C20H30IN5OS. The van der Waals surface area contributed by atoms with Crippen molar-refractivity contribution in [2.24, 2.45) is 4.99 Å². The number of aliphatic imine (C=N–C) groups is 1. The van der Waals surface area contributed by atoms with Gasteiger partial charge in [-0.05, 0) is 19.4 Å². The maximum absolute atomic E-state index is 5.54. The van der Waals surface area contributed by atoms with Crippen molar-refractivity contribution in [1.82, 2.24) is 20.5 Å². The van der Waals surface area contributed by atoms with E-state index in [0.717, 1.165) is 50.4 Å². The predicted molar refractivity (Wildman–Crippen MR) is 127 cm³/mol. The van der Waals surface area contributed by atoms with Gasteiger partial charge >= 0.3 is 0 Å². The van der Waals surface area contributed by atoms with Gasteiger partial charge in [-0.1, -0.05) is 30.3 Å². The predicted octanol–water partition coefficient (Wildman–Crippen LogP) is 3.20. The Bertz CT molecular complexity index is 718. The summed E-state index contributed by atoms with van der Waals surface area (Å²) in [6.07, 6.45) is 1.90. The molecule has 1 fully saturated rings. The summed E-state index contributed by atoms with van der Waals surface area (Å²) in [7, 11) is 0. The lowest BCUT2D eigenvalue weighted by molar-refractivity contribution is 0.0170. The fraction of sp³-hybridized carbons (Fsp3) is 0.500. The summed E-state index contributed by atoms with van der Waals surface area (Å²) in [6, 6.07) is 11.0. The molecule has 2 heterocycles. The molecule has 1 saturated heterocycles. The third kappa shape index (κ3) is 6.98. The summed E-state index contributed by atoms with van der Waals surface area (Å²) in [5.74, 6) is 0.833. The number of nitrogens with one attached hydrogen (secondary N) is 2. The van der Waals surface area contributed by atoms with Crippen LogP contribution in [0.1, 0.15) is 28.4 Å². The normalized spacial score (nSPS) is 16.3. The minimum atomic E-state index is 0. The molecule has 0 saturated carbocycles. The standard InChI is InChI=1S/C20H29N5OS.HI/c1-3-21-20(24-15-19-22-13-16(2)27-19)23-14-18(17-7-5-4-6-8-17)25-9-11-26-12-10-25;/h4-8,13,18H,3,9-12,14-15H2,1-2H3,(H2,21,23,24);1H. The molecule has 28 heavy (non-hydrogen) atoms. The highest BCUT2D eigenvalue weighted by Crippen LogP contribution is 2.21. The molecule has 0 amide bonds. The second-order valence-corrected chi connectivity index (χ2v) is 7.83. The van der Waals surface area contributed by atoms with Gasteiger partial charge in [-0.2, -0.15) is 0 Å². The van der Waals surface area contributed by atoms with Crippen LogP contribution in [0, 0.1) is 6.92 Å². The Morgan fingerprint density at radius 1 is 1.25 bits per heavy atom. The lowest BCUT2D eigenvalue weighted by Gasteiger charge is -2.35. The fourth-order valence-corrected chi connectivity index (χ4v) is 3.89. The van der Waals surface area contributed by atoms with Crippen LogP contribution in [0.15, 0.2) is 41.5 Å². The third-order valence-corrected chi connectivity index (χ3v) is 5.42. The van der Waals surface area contributed by atoms with Gasteiger partial charge in [0.15, 0.2) is 5.96 Å². The van der Waals surface area contributed by atoms with E-state index in [4.69, 9.17) is 9.73 Å². The Hall–Kier alpha value is -1.23. The number of hydrogen-bond donors (Lipinski definition) is 2. The fourth-order valence-electron chi connectivity index (χ4n) is 3.18. The molecule has 0 aliphatic carbocycles. The number of hydrogen-bond acceptors (Lipinski definition) is 5. The molecule has 0 spiro atoms. The zero-order valence-electron chi connectivity index (χ0n) is 16.6. The molecule has 3 rings (SSSR count). The maximum atomic E-state index is 5.54. The van der Waals surface area contributed by atoms with E-state index in [1.807, 2.05) is 6.20 Å². The Morgan fingerprint density at radius 3 is 2.64 bits per heavy atom. The second-order valence-electron chi connectivity index (χ2n) is 6.52. The van der Waals surface area contributed by atoms with Crippen molar-refractivity contribution in [3.63, 3.8) is 0 Å². The summed E-state index contributed by atoms with van der Waals surface area (Å²) in [5, 5.41) is 7.91. The van der Waals surface area contributed by atoms with Crippen LogP contribution < -0.4 is 10.6 Å². The number of guanidine groups is 1. The largest absolute Gasteiger partial charge is 0.379 e. The number of thiazole rings is 1. The Morgan fingerprint density at radius 2 is 2.00 bits per heavy atom. The van der Waals surface area contributed by atoms with Crippen LogP contribution >= 0.6 is 35.3 Å². The van der Waals surface area contributed by atoms with Crippen LogP contribution in [-0.4, -0.2) is 55.2 Å². The van der Waals surface area contributed by atoms with Crippen molar-refractivity contribution in [3.8, 4) is 0 Å². The van der Waals surface area contributed by atoms with E-state index in [0.29, 0.717) is 12.6 Å². The van der Waals surface area contributed by atoms with E-state index in [9.17, 15) is 0 Å². The first kappa shape index (κ1) is 23.1. The monoisotopic (exact) mass is 515 g/mol. The molecule has 0 radical (unpaired) electrons. The van der Waals surface area contributed by atoms with E-state index in [-0.39, 0.29) is 24.0 Å². The Balaban J connectivity index is 0.00000280. The number of rotatable bonds is 7. The Kier molecular flexibility index (Phi) is 10.2. The molecule has 154 valence electrons. The second kappa shape index (κ2) is 12.4. The molecule has 1 atom stereocenters. The average Bonchev–Trinajstić information content (AvgIpc) is 3.13. The average molecular weight is 515 g/mol. The lowest BCUT2D eigenvalue weighted by atomic mass is 10.0. The first-order valence-corrected chi connectivity index (χ1v) is 10.4. The van der Waals surface area contributed by atoms with Crippen molar-refractivity contribution in [3.05, 3.63) is 52.0 Å². The summed E-state index contributed by atoms with van der Waals surface area (Å²) in [5.41, 5.74) is 1.32. The molecule has 1 aromatic carbocycles. The van der Waals surface area contributed by atoms with Crippen LogP contribution in [0.5, 0.6) is 0 Å². The van der Waals surface area contributed by atoms with Gasteiger partial charge < -0.3 is 15.4 Å². The maximum Gasteiger partial charge on any atom is 0.191 e. The SMILES string of the molecule is CCNC(=NCc1ncc(C)s1)NCC(c1ccccc1)N1CCOCC1.I. The highest BCUT2D eigenvalue weighted by Gasteiger charge is 2.22. The number of aryl methyl sites for hydroxylation is 1. The molecule has 1 aliphatic heterocycles. The summed E-state index contributed by atoms with van der Waals surface area (Å²) in [6.45, 7) is 9.87. The summed E-state index contributed by atoms with van der Waals surface area (Å²) in [4.78, 5) is 12.8. The van der Waals surface area contributed by atoms with Crippen molar-refractivity contribution in [2.45, 2.75) is 26.4 Å². The van der Waals surface area contributed by atoms with Gasteiger partial charge in [0.1, 0.15) is 5.01 Å². The minimum Gasteiger partial charge on any atom is -0.379 e. The zero-order valence-corrected chi connectivity index (χ0v) is 19.7. The van der Waals surface area contributed by atoms with E-state index < -0.39 is 0 Å². The van der Waals surface area contributed by atoms with Gasteiger partial charge in [-0.3, -0.25) is 4.90 Å². The molecule has 8 heteroatoms. The minimum absolute atomic E-state index is 0. The zero-order chi connectivity index (χ0) is 18.9. The summed E-state index contributed by atoms with van der Waals surface area (Å²) < 4.78 is 5.54. The van der Waals surface area contributed by atoms with E-state index in [1.165, 1.54) is 10.4 Å². The van der Waals surface area contributed by atoms with Gasteiger partial charge in [0.25, 0.3) is 0 Å². The van der Waals surface area contributed by atoms with Crippen molar-refractivity contribution < 1.29 is 4.74 Å². The smallest absolute Gasteiger partial charge is 0.191 e. The van der Waals surface area contributed by atoms with Crippen LogP contribution in [0.2, 0.25) is 0 Å². The highest BCUT2D eigenvalue weighted by molar-refractivity contribution is 14.0. The van der Waals surface area contributed by atoms with Crippen molar-refractivity contribution >= 4 is 41.3 Å². The number of benzene rings is 1. The first-order chi connectivity index (χ1) is 13.3. The van der Waals surface area contributed by atoms with Gasteiger partial charge in [-0.15, -0.1) is 35.3 Å². The number of morpholine rings is 1. The molecule has 1 aliphatic rings. The summed E-state index contributed by atoms with van der Waals surface area (Å²) >= 11 is 1.70. The molecular weight excluding hydrogens is 485 g/mol. The number of halogens is 1. The Labute approximate surface area is 188 Å². The van der Waals surface area contributed by atoms with Gasteiger partial charge in [-0.25, -0.2) is 9.98 Å². The van der Waals surface area contributed by atoms with E-state index in [1.54, 1.807) is 11.3 Å². The lowest BCUT2D eigenvalue weighted by Crippen LogP contribution is -2.46. The highest BCUT2D eigenvalue weighted by atomic mass is 127. The van der Waals surface area contributed by atoms with Gasteiger partial charge in [0, 0.05) is 37.3 Å². The first-order valence-electron chi connectivity index (χ1n) is 9.56. The molecule has 2 N–H and O–H groups in total. The van der Waals surface area contributed by atoms with E-state index in [2.05, 4.69) is 64.7 Å². The van der Waals surface area contributed by atoms with Gasteiger partial charge in [0.05, 0.1) is 25.8 Å². The number of ether oxygens (including phenoxy) is 1. The van der Waals surface area contributed by atoms with Crippen LogP contribution in [0.4, 0.5) is 0 Å². The number of aromatic nitrogens is 1. The van der Waals surface area contributed by atoms with Crippen LogP contribution in [0.3, 0.4) is 0 Å². The van der Waals surface area contributed by atoms with Crippen molar-refractivity contribution in [2.75, 3.05) is 39.4 Å². The van der Waals surface area contributed by atoms with Crippen molar-refractivity contribution in [1.29, 1.82) is 0 Å². The molecule has 6 nitrogen and oxygen atoms in total. The van der Waals surface area contributed by atoms with Crippen LogP contribution in [-0.2, 0) is 11.3 Å². The van der Waals surface area contributed by atoms with E-state index >= 15 is 0 Å². The molecule has 0 bridgehead atoms. The van der Waals surface area contributed by atoms with Gasteiger partial charge in [0.2, 0.25) is 0 Å². The topological polar surface area (TPSA) is 61.8 Å². The molecule has 1 aromatic heterocycles. The third-order valence-electron chi connectivity index (χ3n) is 4.52. The number of nitrogens with zero attached hydrogens (tertiary/aromatic N) is 3.